The Morgan fingerprint density at radius 2 is 1.13 bits per heavy atom. The molecule has 0 saturated carbocycles. The summed E-state index contributed by atoms with van der Waals surface area (Å²) < 4.78 is 0. The Balaban J connectivity index is 1.94. The largest absolute Gasteiger partial charge is 0.233 e. The van der Waals surface area contributed by atoms with E-state index in [1.165, 1.54) is 10.6 Å². The van der Waals surface area contributed by atoms with Crippen LogP contribution in [0.4, 0.5) is 0 Å². The summed E-state index contributed by atoms with van der Waals surface area (Å²) >= 11 is 0. The maximum absolute atomic E-state index is 12.1. The molecule has 0 fully saturated rings. The molecule has 0 bridgehead atoms. The van der Waals surface area contributed by atoms with Crippen molar-refractivity contribution in [1.82, 2.24) is 0 Å². The molecule has 0 unspecified atom stereocenters. The topological polar surface area (TPSA) is 17.1 Å². The lowest BCUT2D eigenvalue weighted by Crippen LogP contribution is -2.12. The summed E-state index contributed by atoms with van der Waals surface area (Å²) in [7, 11) is -0.864. The van der Waals surface area contributed by atoms with E-state index in [0.29, 0.717) is 5.57 Å². The number of rotatable bonds is 6. The SMILES string of the molecule is Cc1ccc(C(=C=O)/C=C(\c2ccccc2)P(c2ccccc2)c2ccccc2)cc1. The molecule has 4 aromatic carbocycles. The van der Waals surface area contributed by atoms with Gasteiger partial charge in [-0.25, -0.2) is 4.79 Å². The summed E-state index contributed by atoms with van der Waals surface area (Å²) in [6, 6.07) is 39.4. The molecule has 0 atom stereocenters. The van der Waals surface area contributed by atoms with Crippen molar-refractivity contribution in [3.8, 4) is 0 Å². The van der Waals surface area contributed by atoms with Gasteiger partial charge in [0, 0.05) is 0 Å². The molecule has 31 heavy (non-hydrogen) atoms. The van der Waals surface area contributed by atoms with Crippen LogP contribution in [0.2, 0.25) is 0 Å². The number of allylic oxidation sites excluding steroid dienone is 2. The average Bonchev–Trinajstić information content (AvgIpc) is 2.84. The molecular weight excluding hydrogens is 395 g/mol. The van der Waals surface area contributed by atoms with E-state index in [2.05, 4.69) is 66.6 Å². The van der Waals surface area contributed by atoms with E-state index in [4.69, 9.17) is 0 Å². The van der Waals surface area contributed by atoms with E-state index in [1.54, 1.807) is 0 Å². The van der Waals surface area contributed by atoms with Crippen LogP contribution in [0.1, 0.15) is 16.7 Å². The Hall–Kier alpha value is -3.50. The highest BCUT2D eigenvalue weighted by Crippen LogP contribution is 2.49. The highest BCUT2D eigenvalue weighted by molar-refractivity contribution is 7.82. The highest BCUT2D eigenvalue weighted by Gasteiger charge is 2.21. The smallest absolute Gasteiger partial charge is 0.133 e. The third-order valence-electron chi connectivity index (χ3n) is 5.09. The molecule has 150 valence electrons. The first-order chi connectivity index (χ1) is 15.3. The second-order valence-electron chi connectivity index (χ2n) is 7.28. The van der Waals surface area contributed by atoms with E-state index in [9.17, 15) is 4.79 Å². The monoisotopic (exact) mass is 418 g/mol. The lowest BCUT2D eigenvalue weighted by molar-refractivity contribution is 0.569. The molecule has 4 aromatic rings. The van der Waals surface area contributed by atoms with E-state index in [0.717, 1.165) is 22.0 Å². The van der Waals surface area contributed by atoms with Crippen LogP contribution in [0.5, 0.6) is 0 Å². The molecule has 0 aliphatic carbocycles. The molecule has 0 heterocycles. The minimum absolute atomic E-state index is 0.568. The lowest BCUT2D eigenvalue weighted by Gasteiger charge is -2.23. The van der Waals surface area contributed by atoms with Gasteiger partial charge in [0.1, 0.15) is 5.94 Å². The van der Waals surface area contributed by atoms with Gasteiger partial charge < -0.3 is 0 Å². The average molecular weight is 418 g/mol. The van der Waals surface area contributed by atoms with Crippen LogP contribution >= 0.6 is 7.92 Å². The second-order valence-corrected chi connectivity index (χ2v) is 9.47. The summed E-state index contributed by atoms with van der Waals surface area (Å²) in [6.07, 6.45) is 2.03. The summed E-state index contributed by atoms with van der Waals surface area (Å²) in [5.41, 5.74) is 3.72. The fourth-order valence-corrected chi connectivity index (χ4v) is 5.97. The van der Waals surface area contributed by atoms with E-state index in [1.807, 2.05) is 67.6 Å². The van der Waals surface area contributed by atoms with Crippen molar-refractivity contribution in [2.75, 3.05) is 0 Å². The number of carbonyl (C=O) groups excluding carboxylic acids is 1. The van der Waals surface area contributed by atoms with Crippen LogP contribution in [0.15, 0.2) is 121 Å². The van der Waals surface area contributed by atoms with E-state index >= 15 is 0 Å². The molecular formula is C29H23OP. The van der Waals surface area contributed by atoms with Crippen LogP contribution in [0, 0.1) is 6.92 Å². The van der Waals surface area contributed by atoms with Crippen molar-refractivity contribution in [3.05, 3.63) is 138 Å². The molecule has 2 heteroatoms. The minimum atomic E-state index is -0.864. The van der Waals surface area contributed by atoms with Crippen LogP contribution in [0.3, 0.4) is 0 Å². The van der Waals surface area contributed by atoms with E-state index in [-0.39, 0.29) is 0 Å². The molecule has 0 aromatic heterocycles. The van der Waals surface area contributed by atoms with Gasteiger partial charge in [0.25, 0.3) is 0 Å². The van der Waals surface area contributed by atoms with Crippen molar-refractivity contribution in [3.63, 3.8) is 0 Å². The fourth-order valence-electron chi connectivity index (χ4n) is 3.51. The van der Waals surface area contributed by atoms with Crippen LogP contribution in [-0.4, -0.2) is 5.94 Å². The van der Waals surface area contributed by atoms with Crippen molar-refractivity contribution in [2.45, 2.75) is 6.92 Å². The first kappa shape index (κ1) is 20.8. The number of hydrogen-bond acceptors (Lipinski definition) is 1. The predicted molar refractivity (Wildman–Crippen MR) is 134 cm³/mol. The zero-order valence-corrected chi connectivity index (χ0v) is 18.3. The van der Waals surface area contributed by atoms with Crippen LogP contribution in [-0.2, 0) is 4.79 Å². The van der Waals surface area contributed by atoms with Gasteiger partial charge in [0.05, 0.1) is 5.57 Å². The molecule has 0 radical (unpaired) electrons. The summed E-state index contributed by atoms with van der Waals surface area (Å²) in [4.78, 5) is 12.1. The number of benzene rings is 4. The van der Waals surface area contributed by atoms with Crippen LogP contribution in [0.25, 0.3) is 10.9 Å². The van der Waals surface area contributed by atoms with Gasteiger partial charge in [-0.05, 0) is 48.0 Å². The van der Waals surface area contributed by atoms with Gasteiger partial charge in [-0.3, -0.25) is 0 Å². The first-order valence-electron chi connectivity index (χ1n) is 10.3. The van der Waals surface area contributed by atoms with Gasteiger partial charge in [0.15, 0.2) is 0 Å². The molecule has 0 spiro atoms. The van der Waals surface area contributed by atoms with Gasteiger partial charge in [0.2, 0.25) is 0 Å². The highest BCUT2D eigenvalue weighted by atomic mass is 31.1. The normalized spacial score (nSPS) is 11.2. The molecule has 0 saturated heterocycles. The molecule has 4 rings (SSSR count). The van der Waals surface area contributed by atoms with Crippen molar-refractivity contribution < 1.29 is 4.79 Å². The molecule has 1 nitrogen and oxygen atoms in total. The Kier molecular flexibility index (Phi) is 6.70. The quantitative estimate of drug-likeness (QED) is 0.202. The molecule has 0 aliphatic rings. The summed E-state index contributed by atoms with van der Waals surface area (Å²) in [5.74, 6) is 2.20. The minimum Gasteiger partial charge on any atom is -0.233 e. The van der Waals surface area contributed by atoms with Gasteiger partial charge >= 0.3 is 0 Å². The fraction of sp³-hybridized carbons (Fsp3) is 0.0345. The van der Waals surface area contributed by atoms with Crippen molar-refractivity contribution in [1.29, 1.82) is 0 Å². The third-order valence-corrected chi connectivity index (χ3v) is 7.59. The summed E-state index contributed by atoms with van der Waals surface area (Å²) in [6.45, 7) is 2.05. The van der Waals surface area contributed by atoms with E-state index < -0.39 is 7.92 Å². The van der Waals surface area contributed by atoms with Crippen molar-refractivity contribution >= 4 is 35.4 Å². The zero-order chi connectivity index (χ0) is 21.5. The summed E-state index contributed by atoms with van der Waals surface area (Å²) in [5, 5.41) is 3.62. The zero-order valence-electron chi connectivity index (χ0n) is 17.4. The molecule has 0 amide bonds. The predicted octanol–water partition coefficient (Wildman–Crippen LogP) is 6.38. The standard InChI is InChI=1S/C29H23OP/c1-23-17-19-24(20-18-23)26(22-30)21-29(25-11-5-2-6-12-25)31(27-13-7-3-8-14-27)28-15-9-4-10-16-28/h2-21H,1H3/b29-21+. The third kappa shape index (κ3) is 4.98. The molecule has 0 N–H and O–H groups in total. The van der Waals surface area contributed by atoms with Gasteiger partial charge in [-0.1, -0.05) is 121 Å². The van der Waals surface area contributed by atoms with Crippen molar-refractivity contribution in [2.24, 2.45) is 0 Å². The van der Waals surface area contributed by atoms with Gasteiger partial charge in [-0.15, -0.1) is 0 Å². The Labute approximate surface area is 185 Å². The number of aryl methyl sites for hydroxylation is 1. The number of hydrogen-bond donors (Lipinski definition) is 0. The Morgan fingerprint density at radius 3 is 1.61 bits per heavy atom. The Bertz CT molecular complexity index is 1160. The van der Waals surface area contributed by atoms with Gasteiger partial charge in [-0.2, -0.15) is 0 Å². The Morgan fingerprint density at radius 1 is 0.645 bits per heavy atom. The first-order valence-corrected chi connectivity index (χ1v) is 11.6. The molecule has 0 aliphatic heterocycles. The lowest BCUT2D eigenvalue weighted by atomic mass is 10.0. The second kappa shape index (κ2) is 10.0. The maximum atomic E-state index is 12.1. The maximum Gasteiger partial charge on any atom is 0.133 e. The van der Waals surface area contributed by atoms with Crippen LogP contribution < -0.4 is 10.6 Å².